The van der Waals surface area contributed by atoms with Crippen molar-refractivity contribution in [1.29, 1.82) is 0 Å². The SMILES string of the molecule is C[C@@]1(C(=O)NC2CCCCCC2)Cn2c(cc3sccc32)C(=O)N1Cc1cccc(Cl)c1. The molecule has 1 atom stereocenters. The Labute approximate surface area is 197 Å². The lowest BCUT2D eigenvalue weighted by Gasteiger charge is -2.44. The van der Waals surface area contributed by atoms with Crippen LogP contribution in [-0.4, -0.2) is 32.9 Å². The summed E-state index contributed by atoms with van der Waals surface area (Å²) in [6, 6.07) is 11.7. The van der Waals surface area contributed by atoms with E-state index in [0.717, 1.165) is 41.5 Å². The van der Waals surface area contributed by atoms with Gasteiger partial charge in [-0.3, -0.25) is 9.59 Å². The molecule has 0 unspecified atom stereocenters. The first-order chi connectivity index (χ1) is 15.5. The number of halogens is 1. The number of amides is 2. The van der Waals surface area contributed by atoms with Crippen LogP contribution in [0.2, 0.25) is 5.02 Å². The molecule has 5 nitrogen and oxygen atoms in total. The van der Waals surface area contributed by atoms with Gasteiger partial charge in [-0.1, -0.05) is 49.4 Å². The smallest absolute Gasteiger partial charge is 0.271 e. The van der Waals surface area contributed by atoms with Gasteiger partial charge in [-0.05, 0) is 55.0 Å². The Kier molecular flexibility index (Phi) is 5.76. The van der Waals surface area contributed by atoms with Crippen LogP contribution in [-0.2, 0) is 17.9 Å². The monoisotopic (exact) mass is 469 g/mol. The lowest BCUT2D eigenvalue weighted by molar-refractivity contribution is -0.134. The van der Waals surface area contributed by atoms with Crippen LogP contribution in [0, 0.1) is 0 Å². The minimum atomic E-state index is -0.993. The second-order valence-corrected chi connectivity index (χ2v) is 10.6. The molecule has 0 radical (unpaired) electrons. The molecule has 2 aliphatic rings. The predicted octanol–water partition coefficient (Wildman–Crippen LogP) is 5.61. The highest BCUT2D eigenvalue weighted by molar-refractivity contribution is 7.17. The zero-order valence-electron chi connectivity index (χ0n) is 18.3. The van der Waals surface area contributed by atoms with E-state index < -0.39 is 5.54 Å². The third-order valence-corrected chi connectivity index (χ3v) is 8.05. The van der Waals surface area contributed by atoms with Crippen LogP contribution < -0.4 is 5.32 Å². The second-order valence-electron chi connectivity index (χ2n) is 9.24. The van der Waals surface area contributed by atoms with Gasteiger partial charge in [-0.15, -0.1) is 11.3 Å². The summed E-state index contributed by atoms with van der Waals surface area (Å²) in [5.74, 6) is -0.180. The van der Waals surface area contributed by atoms with Crippen molar-refractivity contribution in [1.82, 2.24) is 14.8 Å². The van der Waals surface area contributed by atoms with Crippen molar-refractivity contribution in [2.75, 3.05) is 0 Å². The minimum Gasteiger partial charge on any atom is -0.351 e. The van der Waals surface area contributed by atoms with Crippen molar-refractivity contribution < 1.29 is 9.59 Å². The molecule has 2 aromatic heterocycles. The molecule has 1 saturated carbocycles. The van der Waals surface area contributed by atoms with Crippen LogP contribution in [0.4, 0.5) is 0 Å². The fraction of sp³-hybridized carbons (Fsp3) is 0.440. The molecule has 1 aliphatic heterocycles. The van der Waals surface area contributed by atoms with Crippen molar-refractivity contribution >= 4 is 45.0 Å². The van der Waals surface area contributed by atoms with Gasteiger partial charge >= 0.3 is 0 Å². The van der Waals surface area contributed by atoms with E-state index in [0.29, 0.717) is 23.8 Å². The summed E-state index contributed by atoms with van der Waals surface area (Å²) in [7, 11) is 0. The number of rotatable bonds is 4. The first kappa shape index (κ1) is 21.5. The molecule has 32 heavy (non-hydrogen) atoms. The van der Waals surface area contributed by atoms with E-state index in [1.165, 1.54) is 12.8 Å². The largest absolute Gasteiger partial charge is 0.351 e. The van der Waals surface area contributed by atoms with Crippen LogP contribution in [0.3, 0.4) is 0 Å². The molecule has 1 fully saturated rings. The summed E-state index contributed by atoms with van der Waals surface area (Å²) in [6.07, 6.45) is 6.76. The quantitative estimate of drug-likeness (QED) is 0.505. The third-order valence-electron chi connectivity index (χ3n) is 6.96. The molecule has 7 heteroatoms. The zero-order chi connectivity index (χ0) is 22.3. The van der Waals surface area contributed by atoms with Gasteiger partial charge in [-0.2, -0.15) is 0 Å². The van der Waals surface area contributed by atoms with Crippen molar-refractivity contribution in [2.24, 2.45) is 0 Å². The predicted molar refractivity (Wildman–Crippen MR) is 129 cm³/mol. The normalized spacial score (nSPS) is 22.1. The van der Waals surface area contributed by atoms with E-state index in [2.05, 4.69) is 5.32 Å². The fourth-order valence-corrected chi connectivity index (χ4v) is 6.14. The molecule has 168 valence electrons. The van der Waals surface area contributed by atoms with E-state index in [4.69, 9.17) is 11.6 Å². The van der Waals surface area contributed by atoms with Crippen molar-refractivity contribution in [2.45, 2.75) is 70.1 Å². The number of fused-ring (bicyclic) bond motifs is 3. The molecule has 5 rings (SSSR count). The number of thiophene rings is 1. The molecule has 0 bridgehead atoms. The number of carbonyl (C=O) groups excluding carboxylic acids is 2. The average molecular weight is 470 g/mol. The first-order valence-electron chi connectivity index (χ1n) is 11.4. The fourth-order valence-electron chi connectivity index (χ4n) is 5.10. The molecular weight excluding hydrogens is 442 g/mol. The highest BCUT2D eigenvalue weighted by Crippen LogP contribution is 2.35. The Bertz CT molecular complexity index is 1160. The highest BCUT2D eigenvalue weighted by Gasteiger charge is 2.48. The van der Waals surface area contributed by atoms with Gasteiger partial charge in [0.15, 0.2) is 0 Å². The molecule has 1 N–H and O–H groups in total. The van der Waals surface area contributed by atoms with E-state index in [1.54, 1.807) is 16.2 Å². The van der Waals surface area contributed by atoms with Crippen LogP contribution >= 0.6 is 22.9 Å². The van der Waals surface area contributed by atoms with Crippen molar-refractivity contribution in [3.63, 3.8) is 0 Å². The second kappa shape index (κ2) is 8.56. The molecule has 2 amide bonds. The number of nitrogens with zero attached hydrogens (tertiary/aromatic N) is 2. The Hall–Kier alpha value is -2.31. The van der Waals surface area contributed by atoms with E-state index in [-0.39, 0.29) is 17.9 Å². The van der Waals surface area contributed by atoms with Crippen LogP contribution in [0.5, 0.6) is 0 Å². The van der Waals surface area contributed by atoms with E-state index >= 15 is 0 Å². The van der Waals surface area contributed by atoms with Gasteiger partial charge in [0, 0.05) is 17.6 Å². The summed E-state index contributed by atoms with van der Waals surface area (Å²) in [5.41, 5.74) is 1.59. The van der Waals surface area contributed by atoms with Gasteiger partial charge < -0.3 is 14.8 Å². The lowest BCUT2D eigenvalue weighted by Crippen LogP contribution is -2.64. The third kappa shape index (κ3) is 3.84. The number of carbonyl (C=O) groups is 2. The number of benzene rings is 1. The first-order valence-corrected chi connectivity index (χ1v) is 12.7. The Morgan fingerprint density at radius 2 is 1.97 bits per heavy atom. The Morgan fingerprint density at radius 1 is 1.19 bits per heavy atom. The molecule has 3 aromatic rings. The summed E-state index contributed by atoms with van der Waals surface area (Å²) >= 11 is 7.83. The number of nitrogens with one attached hydrogen (secondary N) is 1. The van der Waals surface area contributed by atoms with Gasteiger partial charge in [0.2, 0.25) is 5.91 Å². The highest BCUT2D eigenvalue weighted by atomic mass is 35.5. The Morgan fingerprint density at radius 3 is 2.72 bits per heavy atom. The number of hydrogen-bond donors (Lipinski definition) is 1. The molecule has 3 heterocycles. The minimum absolute atomic E-state index is 0.0671. The molecule has 0 saturated heterocycles. The van der Waals surface area contributed by atoms with Gasteiger partial charge in [0.05, 0.1) is 16.8 Å². The number of hydrogen-bond acceptors (Lipinski definition) is 3. The van der Waals surface area contributed by atoms with Crippen LogP contribution in [0.25, 0.3) is 10.2 Å². The zero-order valence-corrected chi connectivity index (χ0v) is 19.8. The van der Waals surface area contributed by atoms with E-state index in [9.17, 15) is 9.59 Å². The topological polar surface area (TPSA) is 54.3 Å². The van der Waals surface area contributed by atoms with Gasteiger partial charge in [0.25, 0.3) is 5.91 Å². The lowest BCUT2D eigenvalue weighted by atomic mass is 9.93. The van der Waals surface area contributed by atoms with Gasteiger partial charge in [-0.25, -0.2) is 0 Å². The molecule has 1 aliphatic carbocycles. The van der Waals surface area contributed by atoms with Gasteiger partial charge in [0.1, 0.15) is 11.2 Å². The van der Waals surface area contributed by atoms with Crippen molar-refractivity contribution in [3.05, 3.63) is 58.1 Å². The summed E-state index contributed by atoms with van der Waals surface area (Å²) < 4.78 is 3.10. The maximum Gasteiger partial charge on any atom is 0.271 e. The van der Waals surface area contributed by atoms with Crippen molar-refractivity contribution in [3.8, 4) is 0 Å². The Balaban J connectivity index is 1.52. The molecule has 0 spiro atoms. The van der Waals surface area contributed by atoms with Crippen LogP contribution in [0.1, 0.15) is 61.5 Å². The molecule has 1 aromatic carbocycles. The summed E-state index contributed by atoms with van der Waals surface area (Å²) in [4.78, 5) is 29.3. The maximum atomic E-state index is 13.8. The summed E-state index contributed by atoms with van der Waals surface area (Å²) in [5, 5.41) is 5.97. The maximum absolute atomic E-state index is 13.8. The van der Waals surface area contributed by atoms with Crippen LogP contribution in [0.15, 0.2) is 41.8 Å². The van der Waals surface area contributed by atoms with E-state index in [1.807, 2.05) is 53.3 Å². The average Bonchev–Trinajstić information content (AvgIpc) is 3.26. The standard InChI is InChI=1S/C25H28ClN3O2S/c1-25(24(31)27-19-9-4-2-3-5-10-19)16-28-20-11-12-32-22(20)14-21(28)23(30)29(25)15-17-7-6-8-18(26)13-17/h6-8,11-14,19H,2-5,9-10,15-16H2,1H3,(H,27,31)/t25-/m0/s1. The summed E-state index contributed by atoms with van der Waals surface area (Å²) in [6.45, 7) is 2.68. The molecular formula is C25H28ClN3O2S. The number of aromatic nitrogens is 1.